The molecule has 0 saturated carbocycles. The highest BCUT2D eigenvalue weighted by molar-refractivity contribution is 7.90. The Morgan fingerprint density at radius 1 is 0.596 bits per heavy atom. The average molecular weight is 743 g/mol. The zero-order valence-electron chi connectivity index (χ0n) is 26.5. The second-order valence-corrected chi connectivity index (χ2v) is 14.6. The number of benzene rings is 2. The Bertz CT molecular complexity index is 2270. The predicted octanol–water partition coefficient (Wildman–Crippen LogP) is 3.92. The number of anilines is 2. The molecule has 264 valence electrons. The zero-order chi connectivity index (χ0) is 37.4. The van der Waals surface area contributed by atoms with Crippen molar-refractivity contribution in [1.82, 2.24) is 0 Å². The van der Waals surface area contributed by atoms with E-state index in [0.29, 0.717) is 0 Å². The van der Waals surface area contributed by atoms with E-state index in [0.717, 1.165) is 12.2 Å². The molecule has 4 atom stereocenters. The summed E-state index contributed by atoms with van der Waals surface area (Å²) in [5.74, 6) is -5.77. The van der Waals surface area contributed by atoms with Crippen LogP contribution in [0.3, 0.4) is 0 Å². The molecule has 52 heavy (non-hydrogen) atoms. The maximum absolute atomic E-state index is 13.0. The molecule has 2 aromatic carbocycles. The Labute approximate surface area is 296 Å². The number of aliphatic imine (C=N–C) groups is 2. The lowest BCUT2D eigenvalue weighted by atomic mass is 9.79. The number of rotatable bonds is 6. The number of urea groups is 1. The number of Topliss-reactive ketones (excluding diaryl/α,β-unsaturated/α-hetero) is 2. The van der Waals surface area contributed by atoms with E-state index in [-0.39, 0.29) is 33.9 Å². The summed E-state index contributed by atoms with van der Waals surface area (Å²) in [6, 6.07) is 10.6. The summed E-state index contributed by atoms with van der Waals surface area (Å²) in [4.78, 5) is 71.8. The number of allylic oxidation sites excluding steroid dienone is 10. The van der Waals surface area contributed by atoms with Gasteiger partial charge in [-0.3, -0.25) is 28.3 Å². The van der Waals surface area contributed by atoms with E-state index in [1.165, 1.54) is 85.0 Å². The number of hydrogen-bond acceptors (Lipinski definition) is 9. The summed E-state index contributed by atoms with van der Waals surface area (Å²) in [6.45, 7) is 0. The molecule has 15 nitrogen and oxygen atoms in total. The van der Waals surface area contributed by atoms with Gasteiger partial charge in [0, 0.05) is 34.3 Å². The highest BCUT2D eigenvalue weighted by Gasteiger charge is 2.35. The molecule has 2 aromatic rings. The molecule has 0 heterocycles. The van der Waals surface area contributed by atoms with Gasteiger partial charge in [-0.15, -0.1) is 0 Å². The van der Waals surface area contributed by atoms with E-state index in [1.807, 2.05) is 0 Å². The van der Waals surface area contributed by atoms with E-state index < -0.39 is 83.1 Å². The van der Waals surface area contributed by atoms with Gasteiger partial charge in [0.25, 0.3) is 32.1 Å². The molecule has 17 heteroatoms. The Morgan fingerprint density at radius 3 is 1.37 bits per heavy atom. The molecule has 0 aromatic heterocycles. The number of carbonyl (C=O) groups excluding carboxylic acids is 5. The van der Waals surface area contributed by atoms with E-state index in [9.17, 15) is 49.9 Å². The minimum absolute atomic E-state index is 0.0182. The van der Waals surface area contributed by atoms with Gasteiger partial charge in [0.15, 0.2) is 11.6 Å². The summed E-state index contributed by atoms with van der Waals surface area (Å²) in [6.07, 6.45) is 13.4. The molecule has 0 spiro atoms. The summed E-state index contributed by atoms with van der Waals surface area (Å²) < 4.78 is 64.9. The Kier molecular flexibility index (Phi) is 9.61. The van der Waals surface area contributed by atoms with Crippen LogP contribution in [-0.4, -0.2) is 66.8 Å². The minimum Gasteiger partial charge on any atom is -0.308 e. The first-order valence-electron chi connectivity index (χ1n) is 15.3. The van der Waals surface area contributed by atoms with E-state index in [1.54, 1.807) is 12.2 Å². The first-order chi connectivity index (χ1) is 24.6. The van der Waals surface area contributed by atoms with Crippen molar-refractivity contribution in [3.05, 3.63) is 130 Å². The fourth-order valence-electron chi connectivity index (χ4n) is 5.75. The van der Waals surface area contributed by atoms with Gasteiger partial charge < -0.3 is 10.6 Å². The van der Waals surface area contributed by atoms with Gasteiger partial charge in [-0.2, -0.15) is 16.8 Å². The van der Waals surface area contributed by atoms with Gasteiger partial charge in [-0.25, -0.2) is 14.8 Å². The standard InChI is InChI=1S/C35H26N4O11S2/c40-31-27-17-25(51(45,46)47)11-7-19(27)9-13-29(31)38-33(42)21-3-1-5-23(15-21)36-35(44)37-24-6-2-4-22(16-24)34(43)39-30-14-10-20-8-12-26(52(48,49)50)18-28(20)32(30)41/h1-20,27-28H,(H2,36,37,44)(H,45,46,47)(H,48,49,50). The fraction of sp³-hybridized carbons (Fsp3) is 0.114. The lowest BCUT2D eigenvalue weighted by molar-refractivity contribution is -0.116. The molecule has 4 unspecified atom stereocenters. The van der Waals surface area contributed by atoms with Crippen LogP contribution in [0.5, 0.6) is 0 Å². The molecule has 0 aliphatic heterocycles. The first kappa shape index (κ1) is 35.8. The molecule has 4 amide bonds. The van der Waals surface area contributed by atoms with Crippen LogP contribution >= 0.6 is 0 Å². The molecule has 0 bridgehead atoms. The fourth-order valence-corrected chi connectivity index (χ4v) is 6.89. The van der Waals surface area contributed by atoms with Crippen LogP contribution in [0, 0.1) is 23.7 Å². The van der Waals surface area contributed by atoms with Crippen molar-refractivity contribution in [2.45, 2.75) is 0 Å². The quantitative estimate of drug-likeness (QED) is 0.309. The van der Waals surface area contributed by atoms with Crippen molar-refractivity contribution in [3.8, 4) is 0 Å². The number of fused-ring (bicyclic) bond motifs is 2. The highest BCUT2D eigenvalue weighted by atomic mass is 32.2. The predicted molar refractivity (Wildman–Crippen MR) is 189 cm³/mol. The van der Waals surface area contributed by atoms with Gasteiger partial charge in [-0.1, -0.05) is 48.6 Å². The second-order valence-electron chi connectivity index (χ2n) is 11.8. The number of nitrogens with one attached hydrogen (secondary N) is 2. The molecular weight excluding hydrogens is 717 g/mol. The van der Waals surface area contributed by atoms with Gasteiger partial charge in [0.1, 0.15) is 11.4 Å². The van der Waals surface area contributed by atoms with Crippen LogP contribution in [-0.2, 0) is 29.8 Å². The molecular formula is C35H26N4O11S2. The van der Waals surface area contributed by atoms with Crippen molar-refractivity contribution < 1.29 is 49.9 Å². The number of ketones is 2. The van der Waals surface area contributed by atoms with Crippen LogP contribution < -0.4 is 10.6 Å². The van der Waals surface area contributed by atoms with Crippen molar-refractivity contribution in [3.63, 3.8) is 0 Å². The SMILES string of the molecule is O=C(Nc1cccc(C(=O)N=C2C=CC3C=CC(S(=O)(=O)O)=CC3C2=O)c1)Nc1cccc(C(=O)N=C2C=CC3C=CC(S(=O)(=O)O)=CC3C2=O)c1. The molecule has 4 aliphatic rings. The van der Waals surface area contributed by atoms with Gasteiger partial charge in [0.2, 0.25) is 0 Å². The van der Waals surface area contributed by atoms with Crippen LogP contribution in [0.4, 0.5) is 16.2 Å². The monoisotopic (exact) mass is 742 g/mol. The van der Waals surface area contributed by atoms with Crippen molar-refractivity contribution in [1.29, 1.82) is 0 Å². The molecule has 4 aliphatic carbocycles. The van der Waals surface area contributed by atoms with Gasteiger partial charge in [-0.05, 0) is 60.7 Å². The third-order valence-electron chi connectivity index (χ3n) is 8.32. The molecule has 4 N–H and O–H groups in total. The Morgan fingerprint density at radius 2 is 0.981 bits per heavy atom. The Hall–Kier alpha value is -6.01. The van der Waals surface area contributed by atoms with Crippen molar-refractivity contribution in [2.24, 2.45) is 33.7 Å². The topological polar surface area (TPSA) is 243 Å². The summed E-state index contributed by atoms with van der Waals surface area (Å²) >= 11 is 0. The van der Waals surface area contributed by atoms with Crippen LogP contribution in [0.25, 0.3) is 0 Å². The van der Waals surface area contributed by atoms with E-state index in [2.05, 4.69) is 20.6 Å². The van der Waals surface area contributed by atoms with Gasteiger partial charge in [0.05, 0.1) is 21.6 Å². The maximum Gasteiger partial charge on any atom is 0.323 e. The molecule has 6 rings (SSSR count). The molecule has 0 saturated heterocycles. The van der Waals surface area contributed by atoms with Crippen LogP contribution in [0.15, 0.2) is 129 Å². The highest BCUT2D eigenvalue weighted by Crippen LogP contribution is 2.32. The Balaban J connectivity index is 1.11. The zero-order valence-corrected chi connectivity index (χ0v) is 28.1. The molecule has 0 fully saturated rings. The number of amides is 4. The summed E-state index contributed by atoms with van der Waals surface area (Å²) in [7, 11) is -9.09. The number of nitrogens with zero attached hydrogens (tertiary/aromatic N) is 2. The third-order valence-corrected chi connectivity index (χ3v) is 10.1. The normalized spacial score (nSPS) is 23.8. The number of carbonyl (C=O) groups is 5. The van der Waals surface area contributed by atoms with Gasteiger partial charge >= 0.3 is 6.03 Å². The van der Waals surface area contributed by atoms with Crippen molar-refractivity contribution >= 4 is 72.4 Å². The average Bonchev–Trinajstić information content (AvgIpc) is 3.09. The van der Waals surface area contributed by atoms with Crippen LogP contribution in [0.1, 0.15) is 20.7 Å². The van der Waals surface area contributed by atoms with E-state index in [4.69, 9.17) is 0 Å². The van der Waals surface area contributed by atoms with Crippen molar-refractivity contribution in [2.75, 3.05) is 10.6 Å². The maximum atomic E-state index is 13.0. The van der Waals surface area contributed by atoms with E-state index >= 15 is 0 Å². The lowest BCUT2D eigenvalue weighted by Crippen LogP contribution is -2.32. The smallest absolute Gasteiger partial charge is 0.308 e. The minimum atomic E-state index is -4.55. The molecule has 0 radical (unpaired) electrons. The lowest BCUT2D eigenvalue weighted by Gasteiger charge is -2.25. The first-order valence-corrected chi connectivity index (χ1v) is 18.2. The number of hydrogen-bond donors (Lipinski definition) is 4. The largest absolute Gasteiger partial charge is 0.323 e. The van der Waals surface area contributed by atoms with Crippen LogP contribution in [0.2, 0.25) is 0 Å². The third kappa shape index (κ3) is 7.82. The summed E-state index contributed by atoms with van der Waals surface area (Å²) in [5, 5.41) is 5.10. The summed E-state index contributed by atoms with van der Waals surface area (Å²) in [5.41, 5.74) is -0.0450. The second kappa shape index (κ2) is 14.0.